The molecule has 6 atom stereocenters. The standard InChI is InChI=1S/C23H36N2O6/c1-7-12-24(21(4,5)6)19(28)17-23-11-10-22(9-3,31-23)16(20(29)30)15(23)18(27)25(17)14(8-2)13-26/h7,14-17,26H,1,8-13H2,2-6H3,(H,29,30)/t14-,15-,16-,17?,22+,23?/m0/s1. The third-order valence-corrected chi connectivity index (χ3v) is 7.58. The van der Waals surface area contributed by atoms with Crippen molar-refractivity contribution in [3.05, 3.63) is 12.7 Å². The van der Waals surface area contributed by atoms with Gasteiger partial charge in [-0.3, -0.25) is 14.4 Å². The number of fused-ring (bicyclic) bond motifs is 1. The molecule has 2 N–H and O–H groups in total. The number of hydrogen-bond donors (Lipinski definition) is 2. The molecule has 3 aliphatic rings. The fraction of sp³-hybridized carbons (Fsp3) is 0.783. The zero-order valence-electron chi connectivity index (χ0n) is 19.3. The molecule has 3 aliphatic heterocycles. The van der Waals surface area contributed by atoms with Crippen molar-refractivity contribution in [2.24, 2.45) is 11.8 Å². The second-order valence-electron chi connectivity index (χ2n) is 10.1. The van der Waals surface area contributed by atoms with Crippen molar-refractivity contribution in [2.75, 3.05) is 13.2 Å². The molecule has 0 aromatic carbocycles. The fourth-order valence-electron chi connectivity index (χ4n) is 6.09. The average Bonchev–Trinajstić information content (AvgIpc) is 3.30. The lowest BCUT2D eigenvalue weighted by atomic mass is 9.65. The molecule has 2 bridgehead atoms. The Labute approximate surface area is 184 Å². The van der Waals surface area contributed by atoms with E-state index in [0.717, 1.165) is 0 Å². The summed E-state index contributed by atoms with van der Waals surface area (Å²) in [6.07, 6.45) is 3.49. The minimum atomic E-state index is -1.19. The molecule has 2 unspecified atom stereocenters. The molecule has 0 aromatic heterocycles. The van der Waals surface area contributed by atoms with Crippen molar-refractivity contribution in [3.8, 4) is 0 Å². The maximum absolute atomic E-state index is 14.0. The SMILES string of the molecule is C=CCN(C(=O)C1N([C@@H](CC)CO)C(=O)[C@@H]2[C@@H](C(=O)O)[C@@]3(CC)CCC12O3)C(C)(C)C. The van der Waals surface area contributed by atoms with E-state index in [2.05, 4.69) is 6.58 Å². The summed E-state index contributed by atoms with van der Waals surface area (Å²) in [5.74, 6) is -3.68. The number of likely N-dealkylation sites (tertiary alicyclic amines) is 1. The van der Waals surface area contributed by atoms with Gasteiger partial charge in [-0.25, -0.2) is 0 Å². The maximum Gasteiger partial charge on any atom is 0.310 e. The minimum Gasteiger partial charge on any atom is -0.481 e. The Morgan fingerprint density at radius 2 is 2.00 bits per heavy atom. The number of ether oxygens (including phenoxy) is 1. The highest BCUT2D eigenvalue weighted by Gasteiger charge is 2.79. The molecule has 0 aliphatic carbocycles. The van der Waals surface area contributed by atoms with E-state index in [-0.39, 0.29) is 12.5 Å². The van der Waals surface area contributed by atoms with Gasteiger partial charge in [-0.15, -0.1) is 6.58 Å². The summed E-state index contributed by atoms with van der Waals surface area (Å²) < 4.78 is 6.51. The Kier molecular flexibility index (Phi) is 6.04. The Bertz CT molecular complexity index is 773. The first kappa shape index (κ1) is 23.7. The van der Waals surface area contributed by atoms with Crippen molar-refractivity contribution in [1.82, 2.24) is 9.80 Å². The summed E-state index contributed by atoms with van der Waals surface area (Å²) in [4.78, 5) is 43.2. The Morgan fingerprint density at radius 3 is 2.45 bits per heavy atom. The molecular formula is C23H36N2O6. The van der Waals surface area contributed by atoms with Gasteiger partial charge >= 0.3 is 5.97 Å². The van der Waals surface area contributed by atoms with Crippen molar-refractivity contribution in [2.45, 2.75) is 89.1 Å². The molecule has 3 saturated heterocycles. The topological polar surface area (TPSA) is 107 Å². The smallest absolute Gasteiger partial charge is 0.310 e. The lowest BCUT2D eigenvalue weighted by Crippen LogP contribution is -2.61. The molecule has 3 fully saturated rings. The number of nitrogens with zero attached hydrogens (tertiary/aromatic N) is 2. The van der Waals surface area contributed by atoms with Crippen LogP contribution in [0.15, 0.2) is 12.7 Å². The maximum atomic E-state index is 14.0. The molecule has 8 nitrogen and oxygen atoms in total. The monoisotopic (exact) mass is 436 g/mol. The molecule has 0 saturated carbocycles. The number of carboxylic acid groups (broad SMARTS) is 1. The van der Waals surface area contributed by atoms with E-state index >= 15 is 0 Å². The molecule has 0 radical (unpaired) electrons. The predicted molar refractivity (Wildman–Crippen MR) is 114 cm³/mol. The van der Waals surface area contributed by atoms with Crippen molar-refractivity contribution in [3.63, 3.8) is 0 Å². The van der Waals surface area contributed by atoms with Crippen molar-refractivity contribution >= 4 is 17.8 Å². The van der Waals surface area contributed by atoms with Crippen LogP contribution in [0, 0.1) is 11.8 Å². The first-order valence-electron chi connectivity index (χ1n) is 11.2. The predicted octanol–water partition coefficient (Wildman–Crippen LogP) is 1.81. The summed E-state index contributed by atoms with van der Waals surface area (Å²) in [5.41, 5.74) is -2.68. The Balaban J connectivity index is 2.19. The van der Waals surface area contributed by atoms with Gasteiger partial charge in [-0.2, -0.15) is 0 Å². The van der Waals surface area contributed by atoms with E-state index < -0.39 is 52.5 Å². The van der Waals surface area contributed by atoms with E-state index in [1.807, 2.05) is 34.6 Å². The van der Waals surface area contributed by atoms with Crippen LogP contribution in [0.5, 0.6) is 0 Å². The van der Waals surface area contributed by atoms with Crippen LogP contribution >= 0.6 is 0 Å². The lowest BCUT2D eigenvalue weighted by molar-refractivity contribution is -0.162. The number of aliphatic carboxylic acids is 1. The highest BCUT2D eigenvalue weighted by atomic mass is 16.5. The molecular weight excluding hydrogens is 400 g/mol. The largest absolute Gasteiger partial charge is 0.481 e. The van der Waals surface area contributed by atoms with Crippen molar-refractivity contribution < 1.29 is 29.3 Å². The molecule has 1 spiro atoms. The number of amides is 2. The second-order valence-corrected chi connectivity index (χ2v) is 10.1. The number of carbonyl (C=O) groups excluding carboxylic acids is 2. The third-order valence-electron chi connectivity index (χ3n) is 7.58. The van der Waals surface area contributed by atoms with E-state index in [1.165, 1.54) is 4.90 Å². The average molecular weight is 437 g/mol. The molecule has 3 heterocycles. The van der Waals surface area contributed by atoms with Gasteiger partial charge in [0.1, 0.15) is 17.6 Å². The number of carbonyl (C=O) groups is 3. The van der Waals surface area contributed by atoms with E-state index in [4.69, 9.17) is 4.74 Å². The van der Waals surface area contributed by atoms with Crippen LogP contribution in [-0.4, -0.2) is 79.8 Å². The molecule has 0 aromatic rings. The van der Waals surface area contributed by atoms with Gasteiger partial charge < -0.3 is 24.7 Å². The van der Waals surface area contributed by atoms with Crippen LogP contribution in [0.3, 0.4) is 0 Å². The van der Waals surface area contributed by atoms with Gasteiger partial charge in [0.25, 0.3) is 0 Å². The van der Waals surface area contributed by atoms with Gasteiger partial charge in [0.2, 0.25) is 11.8 Å². The number of aliphatic hydroxyl groups is 1. The first-order valence-corrected chi connectivity index (χ1v) is 11.2. The summed E-state index contributed by atoms with van der Waals surface area (Å²) >= 11 is 0. The van der Waals surface area contributed by atoms with Crippen molar-refractivity contribution in [1.29, 1.82) is 0 Å². The normalized spacial score (nSPS) is 35.2. The highest BCUT2D eigenvalue weighted by molar-refractivity contribution is 5.98. The number of carboxylic acids is 1. The van der Waals surface area contributed by atoms with Crippen LogP contribution < -0.4 is 0 Å². The summed E-state index contributed by atoms with van der Waals surface area (Å²) in [7, 11) is 0. The molecule has 31 heavy (non-hydrogen) atoms. The third kappa shape index (κ3) is 3.21. The second kappa shape index (κ2) is 7.89. The van der Waals surface area contributed by atoms with Gasteiger partial charge in [0.05, 0.1) is 24.2 Å². The molecule has 174 valence electrons. The summed E-state index contributed by atoms with van der Waals surface area (Å²) in [5, 5.41) is 20.1. The quantitative estimate of drug-likeness (QED) is 0.562. The zero-order chi connectivity index (χ0) is 23.4. The van der Waals surface area contributed by atoms with Gasteiger partial charge in [-0.05, 0) is 46.5 Å². The number of rotatable bonds is 8. The minimum absolute atomic E-state index is 0.284. The zero-order valence-corrected chi connectivity index (χ0v) is 19.3. The lowest BCUT2D eigenvalue weighted by Gasteiger charge is -2.43. The summed E-state index contributed by atoms with van der Waals surface area (Å²) in [6.45, 7) is 13.2. The van der Waals surface area contributed by atoms with Crippen LogP contribution in [0.2, 0.25) is 0 Å². The first-order chi connectivity index (χ1) is 14.5. The fourth-order valence-corrected chi connectivity index (χ4v) is 6.09. The van der Waals surface area contributed by atoms with Crippen LogP contribution in [-0.2, 0) is 19.1 Å². The van der Waals surface area contributed by atoms with Crippen LogP contribution in [0.1, 0.15) is 60.3 Å². The van der Waals surface area contributed by atoms with Crippen LogP contribution in [0.4, 0.5) is 0 Å². The van der Waals surface area contributed by atoms with Gasteiger partial charge in [0, 0.05) is 12.1 Å². The molecule has 3 rings (SSSR count). The molecule has 2 amide bonds. The Hall–Kier alpha value is -1.93. The van der Waals surface area contributed by atoms with E-state index in [9.17, 15) is 24.6 Å². The number of hydrogen-bond acceptors (Lipinski definition) is 5. The van der Waals surface area contributed by atoms with E-state index in [1.54, 1.807) is 11.0 Å². The van der Waals surface area contributed by atoms with Gasteiger partial charge in [-0.1, -0.05) is 19.9 Å². The Morgan fingerprint density at radius 1 is 1.35 bits per heavy atom. The highest BCUT2D eigenvalue weighted by Crippen LogP contribution is 2.64. The summed E-state index contributed by atoms with van der Waals surface area (Å²) in [6, 6.07) is -1.55. The van der Waals surface area contributed by atoms with E-state index in [0.29, 0.717) is 32.2 Å². The number of aliphatic hydroxyl groups excluding tert-OH is 1. The van der Waals surface area contributed by atoms with Crippen LogP contribution in [0.25, 0.3) is 0 Å². The molecule has 8 heteroatoms. The van der Waals surface area contributed by atoms with Gasteiger partial charge in [0.15, 0.2) is 0 Å².